The standard InChI is InChI=1S/C22H24N6O/c1-16-14-25-22-21(24-15-20(28(16)22)17-6-8-23-9-7-17)26-18-2-4-19(5-3-18)27-10-12-29-13-11-27/h2-8,14-15,23H,9-13H2,1H3,(H,24,26). The van der Waals surface area contributed by atoms with Gasteiger partial charge in [0.05, 0.1) is 25.1 Å². The number of anilines is 3. The molecule has 148 valence electrons. The quantitative estimate of drug-likeness (QED) is 0.716. The molecule has 1 fully saturated rings. The normalized spacial score (nSPS) is 16.6. The molecule has 0 spiro atoms. The molecule has 0 amide bonds. The predicted octanol–water partition coefficient (Wildman–Crippen LogP) is 3.12. The molecule has 7 heteroatoms. The van der Waals surface area contributed by atoms with Crippen LogP contribution in [0.5, 0.6) is 0 Å². The van der Waals surface area contributed by atoms with Gasteiger partial charge in [0.1, 0.15) is 0 Å². The third-order valence-electron chi connectivity index (χ3n) is 5.33. The molecule has 2 aromatic heterocycles. The Bertz CT molecular complexity index is 1080. The maximum atomic E-state index is 5.44. The van der Waals surface area contributed by atoms with Crippen LogP contribution in [0.15, 0.2) is 55.0 Å². The van der Waals surface area contributed by atoms with Crippen LogP contribution in [-0.4, -0.2) is 47.2 Å². The number of nitrogens with zero attached hydrogens (tertiary/aromatic N) is 4. The van der Waals surface area contributed by atoms with Crippen LogP contribution in [0.25, 0.3) is 11.2 Å². The van der Waals surface area contributed by atoms with Crippen molar-refractivity contribution in [3.05, 3.63) is 66.4 Å². The average molecular weight is 388 g/mol. The Morgan fingerprint density at radius 1 is 1.07 bits per heavy atom. The number of hydrogen-bond donors (Lipinski definition) is 2. The minimum Gasteiger partial charge on any atom is -0.387 e. The monoisotopic (exact) mass is 388 g/mol. The predicted molar refractivity (Wildman–Crippen MR) is 116 cm³/mol. The molecule has 29 heavy (non-hydrogen) atoms. The number of hydrogen-bond acceptors (Lipinski definition) is 6. The Labute approximate surface area is 169 Å². The fraction of sp³-hybridized carbons (Fsp3) is 0.273. The van der Waals surface area contributed by atoms with Crippen molar-refractivity contribution in [3.8, 4) is 0 Å². The van der Waals surface area contributed by atoms with Crippen molar-refractivity contribution in [3.63, 3.8) is 0 Å². The van der Waals surface area contributed by atoms with E-state index in [4.69, 9.17) is 4.74 Å². The highest BCUT2D eigenvalue weighted by molar-refractivity contribution is 5.78. The first-order chi connectivity index (χ1) is 14.3. The first-order valence-corrected chi connectivity index (χ1v) is 9.93. The maximum Gasteiger partial charge on any atom is 0.181 e. The molecule has 2 aliphatic rings. The fourth-order valence-electron chi connectivity index (χ4n) is 3.80. The molecule has 0 radical (unpaired) electrons. The van der Waals surface area contributed by atoms with Gasteiger partial charge in [-0.3, -0.25) is 4.40 Å². The molecule has 4 heterocycles. The average Bonchev–Trinajstić information content (AvgIpc) is 3.18. The largest absolute Gasteiger partial charge is 0.387 e. The molecule has 0 aliphatic carbocycles. The Hall–Kier alpha value is -3.32. The minimum atomic E-state index is 0.750. The van der Waals surface area contributed by atoms with Gasteiger partial charge >= 0.3 is 0 Å². The number of ether oxygens (including phenoxy) is 1. The highest BCUT2D eigenvalue weighted by Crippen LogP contribution is 2.27. The molecule has 0 unspecified atom stereocenters. The summed E-state index contributed by atoms with van der Waals surface area (Å²) >= 11 is 0. The van der Waals surface area contributed by atoms with Crippen molar-refractivity contribution in [2.24, 2.45) is 0 Å². The van der Waals surface area contributed by atoms with Crippen LogP contribution in [0.4, 0.5) is 17.2 Å². The van der Waals surface area contributed by atoms with Crippen LogP contribution in [-0.2, 0) is 4.74 Å². The number of imidazole rings is 1. The SMILES string of the molecule is Cc1cnc2c(Nc3ccc(N4CCOCC4)cc3)ncc(C3=CCNC=C3)n12. The zero-order valence-corrected chi connectivity index (χ0v) is 16.4. The van der Waals surface area contributed by atoms with Gasteiger partial charge in [-0.05, 0) is 49.0 Å². The zero-order chi connectivity index (χ0) is 19.6. The summed E-state index contributed by atoms with van der Waals surface area (Å²) in [4.78, 5) is 11.6. The van der Waals surface area contributed by atoms with Crippen molar-refractivity contribution in [2.45, 2.75) is 6.92 Å². The molecular formula is C22H24N6O. The molecule has 0 saturated carbocycles. The van der Waals surface area contributed by atoms with Crippen LogP contribution in [0.1, 0.15) is 11.4 Å². The van der Waals surface area contributed by atoms with Crippen LogP contribution < -0.4 is 15.5 Å². The topological polar surface area (TPSA) is 66.7 Å². The molecule has 2 aliphatic heterocycles. The van der Waals surface area contributed by atoms with Crippen molar-refractivity contribution >= 4 is 28.4 Å². The van der Waals surface area contributed by atoms with Crippen molar-refractivity contribution in [2.75, 3.05) is 43.1 Å². The van der Waals surface area contributed by atoms with Gasteiger partial charge < -0.3 is 20.3 Å². The lowest BCUT2D eigenvalue weighted by Gasteiger charge is -2.28. The molecule has 3 aromatic rings. The van der Waals surface area contributed by atoms with Gasteiger partial charge in [0.15, 0.2) is 11.5 Å². The molecule has 1 aromatic carbocycles. The molecule has 0 atom stereocenters. The molecule has 5 rings (SSSR count). The lowest BCUT2D eigenvalue weighted by molar-refractivity contribution is 0.122. The molecule has 0 bridgehead atoms. The van der Waals surface area contributed by atoms with Crippen LogP contribution in [0.2, 0.25) is 0 Å². The van der Waals surface area contributed by atoms with Crippen molar-refractivity contribution in [1.82, 2.24) is 19.7 Å². The summed E-state index contributed by atoms with van der Waals surface area (Å²) in [6.07, 6.45) is 9.99. The number of aromatic nitrogens is 3. The summed E-state index contributed by atoms with van der Waals surface area (Å²) in [6.45, 7) is 6.32. The first kappa shape index (κ1) is 17.8. The number of allylic oxidation sites excluding steroid dienone is 2. The summed E-state index contributed by atoms with van der Waals surface area (Å²) in [5.74, 6) is 0.750. The van der Waals surface area contributed by atoms with E-state index >= 15 is 0 Å². The Morgan fingerprint density at radius 3 is 2.66 bits per heavy atom. The lowest BCUT2D eigenvalue weighted by atomic mass is 10.1. The second-order valence-electron chi connectivity index (χ2n) is 7.22. The summed E-state index contributed by atoms with van der Waals surface area (Å²) < 4.78 is 7.59. The van der Waals surface area contributed by atoms with Crippen LogP contribution >= 0.6 is 0 Å². The lowest BCUT2D eigenvalue weighted by Crippen LogP contribution is -2.36. The Balaban J connectivity index is 1.44. The van der Waals surface area contributed by atoms with Crippen LogP contribution in [0.3, 0.4) is 0 Å². The second kappa shape index (κ2) is 7.60. The Kier molecular flexibility index (Phi) is 4.65. The zero-order valence-electron chi connectivity index (χ0n) is 16.4. The molecular weight excluding hydrogens is 364 g/mol. The maximum absolute atomic E-state index is 5.44. The van der Waals surface area contributed by atoms with E-state index in [1.54, 1.807) is 0 Å². The van der Waals surface area contributed by atoms with E-state index < -0.39 is 0 Å². The Morgan fingerprint density at radius 2 is 1.90 bits per heavy atom. The molecule has 7 nitrogen and oxygen atoms in total. The van der Waals surface area contributed by atoms with Gasteiger partial charge in [-0.2, -0.15) is 0 Å². The van der Waals surface area contributed by atoms with Gasteiger partial charge in [0, 0.05) is 42.9 Å². The summed E-state index contributed by atoms with van der Waals surface area (Å²) in [5.41, 5.74) is 6.30. The van der Waals surface area contributed by atoms with E-state index in [2.05, 4.69) is 73.2 Å². The van der Waals surface area contributed by atoms with Crippen molar-refractivity contribution < 1.29 is 4.74 Å². The highest BCUT2D eigenvalue weighted by atomic mass is 16.5. The smallest absolute Gasteiger partial charge is 0.181 e. The molecule has 1 saturated heterocycles. The summed E-state index contributed by atoms with van der Waals surface area (Å²) in [7, 11) is 0. The van der Waals surface area contributed by atoms with E-state index in [-0.39, 0.29) is 0 Å². The van der Waals surface area contributed by atoms with E-state index in [0.717, 1.165) is 67.0 Å². The molecule has 2 N–H and O–H groups in total. The fourth-order valence-corrected chi connectivity index (χ4v) is 3.80. The summed E-state index contributed by atoms with van der Waals surface area (Å²) in [6, 6.07) is 8.46. The number of nitrogens with one attached hydrogen (secondary N) is 2. The number of benzene rings is 1. The first-order valence-electron chi connectivity index (χ1n) is 9.93. The van der Waals surface area contributed by atoms with E-state index in [1.807, 2.05) is 18.6 Å². The van der Waals surface area contributed by atoms with E-state index in [0.29, 0.717) is 0 Å². The van der Waals surface area contributed by atoms with Gasteiger partial charge in [-0.1, -0.05) is 6.08 Å². The van der Waals surface area contributed by atoms with Gasteiger partial charge in [-0.15, -0.1) is 0 Å². The third-order valence-corrected chi connectivity index (χ3v) is 5.33. The minimum absolute atomic E-state index is 0.750. The number of aryl methyl sites for hydroxylation is 1. The number of morpholine rings is 1. The van der Waals surface area contributed by atoms with Gasteiger partial charge in [-0.25, -0.2) is 9.97 Å². The van der Waals surface area contributed by atoms with Gasteiger partial charge in [0.25, 0.3) is 0 Å². The third kappa shape index (κ3) is 3.45. The highest BCUT2D eigenvalue weighted by Gasteiger charge is 2.15. The van der Waals surface area contributed by atoms with Crippen molar-refractivity contribution in [1.29, 1.82) is 0 Å². The van der Waals surface area contributed by atoms with E-state index in [9.17, 15) is 0 Å². The number of dihydropyridines is 1. The van der Waals surface area contributed by atoms with E-state index in [1.165, 1.54) is 5.69 Å². The summed E-state index contributed by atoms with van der Waals surface area (Å²) in [5, 5.41) is 6.62. The number of rotatable bonds is 4. The number of fused-ring (bicyclic) bond motifs is 1. The van der Waals surface area contributed by atoms with Gasteiger partial charge in [0.2, 0.25) is 0 Å². The second-order valence-corrected chi connectivity index (χ2v) is 7.22. The van der Waals surface area contributed by atoms with Crippen LogP contribution in [0, 0.1) is 6.92 Å².